The second-order valence-electron chi connectivity index (χ2n) is 16.8. The lowest BCUT2D eigenvalue weighted by Gasteiger charge is -2.38. The van der Waals surface area contributed by atoms with E-state index in [1.54, 1.807) is 36.4 Å². The zero-order valence-corrected chi connectivity index (χ0v) is 38.8. The summed E-state index contributed by atoms with van der Waals surface area (Å²) < 4.78 is 17.3. The summed E-state index contributed by atoms with van der Waals surface area (Å²) >= 11 is 1.16. The number of carbonyl (C=O) groups is 7. The van der Waals surface area contributed by atoms with E-state index in [1.165, 1.54) is 19.1 Å². The van der Waals surface area contributed by atoms with Crippen LogP contribution < -0.4 is 10.6 Å². The van der Waals surface area contributed by atoms with E-state index in [1.807, 2.05) is 57.8 Å². The molecule has 0 saturated carbocycles. The van der Waals surface area contributed by atoms with Crippen molar-refractivity contribution < 1.29 is 47.8 Å². The van der Waals surface area contributed by atoms with E-state index < -0.39 is 48.2 Å². The Morgan fingerprint density at radius 3 is 2.27 bits per heavy atom. The summed E-state index contributed by atoms with van der Waals surface area (Å²) in [6.45, 7) is 12.6. The largest absolute Gasteiger partial charge is 0.455 e. The van der Waals surface area contributed by atoms with Gasteiger partial charge in [-0.1, -0.05) is 70.9 Å². The summed E-state index contributed by atoms with van der Waals surface area (Å²) in [4.78, 5) is 99.8. The van der Waals surface area contributed by atoms with Crippen molar-refractivity contribution in [1.82, 2.24) is 30.3 Å². The molecule has 0 bridgehead atoms. The molecule has 5 amide bonds. The smallest absolute Gasteiger partial charge is 0.306 e. The maximum Gasteiger partial charge on any atom is 0.306 e. The maximum atomic E-state index is 14.3. The third-order valence-electron chi connectivity index (χ3n) is 11.7. The molecule has 1 aromatic carbocycles. The van der Waals surface area contributed by atoms with Gasteiger partial charge in [0.1, 0.15) is 22.8 Å². The SMILES string of the molecule is CC[C@H](C)[C@H](NC(=O)[C@H]1CCCCN1C)C(=O)N(C)[C@H](C[C@@H](OC(C)=O)c1nc(C(=O)N[C@H](C)[C@@H](OC(=O)CCCOCCCN2C(=O)C=CC2=O)c2ccccc2)cs1)C(C)C. The summed E-state index contributed by atoms with van der Waals surface area (Å²) in [7, 11) is 3.65. The first-order valence-electron chi connectivity index (χ1n) is 22.1. The molecule has 0 radical (unpaired) electrons. The summed E-state index contributed by atoms with van der Waals surface area (Å²) in [5.74, 6) is -2.82. The van der Waals surface area contributed by atoms with E-state index in [-0.39, 0.29) is 73.2 Å². The van der Waals surface area contributed by atoms with Crippen molar-refractivity contribution in [3.63, 3.8) is 0 Å². The fourth-order valence-electron chi connectivity index (χ4n) is 7.81. The molecule has 346 valence electrons. The molecule has 17 heteroatoms. The highest BCUT2D eigenvalue weighted by atomic mass is 32.1. The van der Waals surface area contributed by atoms with E-state index >= 15 is 0 Å². The normalized spacial score (nSPS) is 18.3. The van der Waals surface area contributed by atoms with Gasteiger partial charge in [-0.15, -0.1) is 11.3 Å². The Morgan fingerprint density at radius 1 is 0.952 bits per heavy atom. The van der Waals surface area contributed by atoms with Crippen molar-refractivity contribution in [1.29, 1.82) is 0 Å². The number of thiazole rings is 1. The Morgan fingerprint density at radius 2 is 1.63 bits per heavy atom. The lowest BCUT2D eigenvalue weighted by Crippen LogP contribution is -2.58. The summed E-state index contributed by atoms with van der Waals surface area (Å²) in [5.41, 5.74) is 0.765. The number of imide groups is 1. The minimum atomic E-state index is -0.876. The van der Waals surface area contributed by atoms with Gasteiger partial charge in [-0.2, -0.15) is 0 Å². The molecule has 2 aromatic rings. The van der Waals surface area contributed by atoms with Crippen molar-refractivity contribution >= 4 is 52.8 Å². The number of hydrogen-bond acceptors (Lipinski definition) is 13. The van der Waals surface area contributed by atoms with Crippen molar-refractivity contribution in [3.05, 3.63) is 64.1 Å². The number of carbonyl (C=O) groups excluding carboxylic acids is 7. The first-order valence-corrected chi connectivity index (χ1v) is 23.0. The highest BCUT2D eigenvalue weighted by Gasteiger charge is 2.37. The molecule has 63 heavy (non-hydrogen) atoms. The average molecular weight is 895 g/mol. The second kappa shape index (κ2) is 24.7. The minimum Gasteiger partial charge on any atom is -0.455 e. The second-order valence-corrected chi connectivity index (χ2v) is 17.7. The molecule has 2 aliphatic heterocycles. The number of ether oxygens (including phenoxy) is 3. The topological polar surface area (TPSA) is 194 Å². The summed E-state index contributed by atoms with van der Waals surface area (Å²) in [6.07, 6.45) is 5.29. The van der Waals surface area contributed by atoms with Crippen LogP contribution in [-0.4, -0.2) is 126 Å². The van der Waals surface area contributed by atoms with Gasteiger partial charge in [-0.3, -0.25) is 43.4 Å². The zero-order valence-electron chi connectivity index (χ0n) is 38.0. The number of esters is 2. The Bertz CT molecular complexity index is 1890. The number of nitrogens with one attached hydrogen (secondary N) is 2. The first-order chi connectivity index (χ1) is 30.0. The van der Waals surface area contributed by atoms with Gasteiger partial charge in [0.15, 0.2) is 6.10 Å². The van der Waals surface area contributed by atoms with E-state index in [0.29, 0.717) is 36.4 Å². The van der Waals surface area contributed by atoms with Crippen LogP contribution in [0.4, 0.5) is 0 Å². The fraction of sp³-hybridized carbons (Fsp3) is 0.609. The quantitative estimate of drug-likeness (QED) is 0.0801. The summed E-state index contributed by atoms with van der Waals surface area (Å²) in [6, 6.07) is 6.93. The number of piperidine rings is 1. The fourth-order valence-corrected chi connectivity index (χ4v) is 8.65. The third-order valence-corrected chi connectivity index (χ3v) is 12.6. The standard InChI is InChI=1S/C46H66N6O10S/c1-9-30(4)41(49-44(58)35-19-13-14-23-50(35)7)46(59)51(8)36(29(2)3)27-37(61-32(6)53)45-48-34(28-63-45)43(57)47-31(5)42(33-17-11-10-12-18-33)62-40(56)20-15-25-60-26-16-24-52-38(54)21-22-39(52)55/h10-12,17-18,21-22,28-31,35-37,41-42H,9,13-16,19-20,23-27H2,1-8H3,(H,47,57)(H,49,58)/t30-,31+,35+,36+,37+,41-,42+/m0/s1. The van der Waals surface area contributed by atoms with Crippen LogP contribution in [-0.2, 0) is 43.0 Å². The molecule has 2 N–H and O–H groups in total. The van der Waals surface area contributed by atoms with Crippen LogP contribution in [0.2, 0.25) is 0 Å². The van der Waals surface area contributed by atoms with Crippen LogP contribution in [0.5, 0.6) is 0 Å². The molecule has 0 aliphatic carbocycles. The molecule has 0 spiro atoms. The molecular formula is C46H66N6O10S. The van der Waals surface area contributed by atoms with Gasteiger partial charge in [0.25, 0.3) is 17.7 Å². The average Bonchev–Trinajstić information content (AvgIpc) is 3.88. The van der Waals surface area contributed by atoms with Gasteiger partial charge in [0.05, 0.1) is 12.1 Å². The van der Waals surface area contributed by atoms with Crippen LogP contribution in [0.25, 0.3) is 0 Å². The summed E-state index contributed by atoms with van der Waals surface area (Å²) in [5, 5.41) is 7.96. The van der Waals surface area contributed by atoms with Gasteiger partial charge < -0.3 is 29.7 Å². The van der Waals surface area contributed by atoms with Crippen molar-refractivity contribution in [2.45, 2.75) is 129 Å². The maximum absolute atomic E-state index is 14.3. The minimum absolute atomic E-state index is 0.0626. The lowest BCUT2D eigenvalue weighted by atomic mass is 9.92. The monoisotopic (exact) mass is 894 g/mol. The molecule has 1 saturated heterocycles. The molecule has 1 aromatic heterocycles. The zero-order chi connectivity index (χ0) is 46.2. The van der Waals surface area contributed by atoms with Crippen LogP contribution in [0.15, 0.2) is 47.9 Å². The molecule has 7 atom stereocenters. The lowest BCUT2D eigenvalue weighted by molar-refractivity contribution is -0.151. The molecule has 3 heterocycles. The highest BCUT2D eigenvalue weighted by Crippen LogP contribution is 2.31. The van der Waals surface area contributed by atoms with Gasteiger partial charge in [-0.05, 0) is 63.6 Å². The number of aromatic nitrogens is 1. The Balaban J connectivity index is 1.39. The van der Waals surface area contributed by atoms with Crippen molar-refractivity contribution in [3.8, 4) is 0 Å². The molecule has 1 fully saturated rings. The van der Waals surface area contributed by atoms with E-state index in [0.717, 1.165) is 42.0 Å². The molecule has 16 nitrogen and oxygen atoms in total. The van der Waals surface area contributed by atoms with Crippen molar-refractivity contribution in [2.75, 3.05) is 40.4 Å². The van der Waals surface area contributed by atoms with Crippen LogP contribution >= 0.6 is 11.3 Å². The number of rotatable bonds is 24. The first kappa shape index (κ1) is 50.6. The molecule has 2 aliphatic rings. The molecular weight excluding hydrogens is 829 g/mol. The van der Waals surface area contributed by atoms with Gasteiger partial charge in [0.2, 0.25) is 11.8 Å². The van der Waals surface area contributed by atoms with E-state index in [4.69, 9.17) is 14.2 Å². The number of hydrogen-bond donors (Lipinski definition) is 2. The van der Waals surface area contributed by atoms with Gasteiger partial charge in [-0.25, -0.2) is 4.98 Å². The van der Waals surface area contributed by atoms with E-state index in [9.17, 15) is 33.6 Å². The number of likely N-dealkylation sites (N-methyl/N-ethyl adjacent to an activating group) is 2. The number of amides is 5. The predicted octanol–water partition coefficient (Wildman–Crippen LogP) is 5.15. The third kappa shape index (κ3) is 14.8. The highest BCUT2D eigenvalue weighted by molar-refractivity contribution is 7.09. The van der Waals surface area contributed by atoms with Crippen LogP contribution in [0.1, 0.15) is 126 Å². The van der Waals surface area contributed by atoms with Crippen LogP contribution in [0, 0.1) is 11.8 Å². The molecule has 4 rings (SSSR count). The number of likely N-dealkylation sites (tertiary alicyclic amines) is 1. The van der Waals surface area contributed by atoms with Crippen molar-refractivity contribution in [2.24, 2.45) is 11.8 Å². The number of nitrogens with zero attached hydrogens (tertiary/aromatic N) is 4. The van der Waals surface area contributed by atoms with E-state index in [2.05, 4.69) is 15.6 Å². The van der Waals surface area contributed by atoms with Crippen LogP contribution in [0.3, 0.4) is 0 Å². The van der Waals surface area contributed by atoms with Gasteiger partial charge in [0, 0.05) is 70.1 Å². The van der Waals surface area contributed by atoms with Gasteiger partial charge >= 0.3 is 11.9 Å². The number of benzene rings is 1. The Kier molecular flexibility index (Phi) is 19.9. The molecule has 0 unspecified atom stereocenters. The predicted molar refractivity (Wildman–Crippen MR) is 237 cm³/mol. The Labute approximate surface area is 375 Å². The Hall–Kier alpha value is -5.00.